The zero-order chi connectivity index (χ0) is 24.6. The molecule has 2 saturated heterocycles. The molecule has 0 unspecified atom stereocenters. The Bertz CT molecular complexity index is 1060. The monoisotopic (exact) mass is 476 g/mol. The van der Waals surface area contributed by atoms with Crippen molar-refractivity contribution >= 4 is 11.8 Å². The van der Waals surface area contributed by atoms with E-state index in [1.807, 2.05) is 42.5 Å². The fourth-order valence-electron chi connectivity index (χ4n) is 7.05. The highest BCUT2D eigenvalue weighted by atomic mass is 16.5. The van der Waals surface area contributed by atoms with Crippen molar-refractivity contribution in [2.24, 2.45) is 5.41 Å². The molecular formula is C29H36N2O4. The Hall–Kier alpha value is -3.02. The fraction of sp³-hybridized carbons (Fsp3) is 0.517. The van der Waals surface area contributed by atoms with Crippen LogP contribution in [0, 0.1) is 5.41 Å². The molecule has 1 aliphatic carbocycles. The number of likely N-dealkylation sites (tertiary alicyclic amines) is 2. The van der Waals surface area contributed by atoms with Crippen LogP contribution in [0.25, 0.3) is 0 Å². The number of piperidine rings is 1. The lowest BCUT2D eigenvalue weighted by Gasteiger charge is -2.50. The van der Waals surface area contributed by atoms with E-state index in [1.54, 1.807) is 14.0 Å². The predicted octanol–water partition coefficient (Wildman–Crippen LogP) is 4.47. The van der Waals surface area contributed by atoms with Crippen LogP contribution >= 0.6 is 0 Å². The molecule has 2 aromatic rings. The Morgan fingerprint density at radius 2 is 1.57 bits per heavy atom. The molecule has 2 aromatic carbocycles. The number of fused-ring (bicyclic) bond motifs is 1. The van der Waals surface area contributed by atoms with Gasteiger partial charge in [0.05, 0.1) is 19.2 Å². The zero-order valence-corrected chi connectivity index (χ0v) is 21.0. The van der Waals surface area contributed by atoms with Gasteiger partial charge in [0.25, 0.3) is 5.91 Å². The second-order valence-electron chi connectivity index (χ2n) is 10.5. The molecule has 0 aromatic heterocycles. The van der Waals surface area contributed by atoms with Crippen LogP contribution in [0.15, 0.2) is 54.6 Å². The molecule has 3 fully saturated rings. The third kappa shape index (κ3) is 4.28. The Balaban J connectivity index is 1.45. The number of nitrogens with zero attached hydrogens (tertiary/aromatic N) is 2. The van der Waals surface area contributed by atoms with Crippen LogP contribution < -0.4 is 9.47 Å². The summed E-state index contributed by atoms with van der Waals surface area (Å²) in [5.41, 5.74) is 1.11. The highest BCUT2D eigenvalue weighted by molar-refractivity contribution is 5.80. The number of benzene rings is 2. The SMILES string of the molecule is COc1ccc(OCC(=O)N2[C@H]3CCCC[C@H]4N(C(C)=O)[C@H](Cc5ccccc5)[C@@H]2C[C@@]34C)cc1. The summed E-state index contributed by atoms with van der Waals surface area (Å²) in [6.07, 6.45) is 5.87. The first-order valence-electron chi connectivity index (χ1n) is 12.8. The molecule has 2 amide bonds. The maximum Gasteiger partial charge on any atom is 0.261 e. The molecule has 5 atom stereocenters. The van der Waals surface area contributed by atoms with E-state index in [0.717, 1.165) is 44.3 Å². The summed E-state index contributed by atoms with van der Waals surface area (Å²) in [6, 6.07) is 17.9. The molecule has 186 valence electrons. The van der Waals surface area contributed by atoms with Gasteiger partial charge in [-0.3, -0.25) is 9.59 Å². The standard InChI is InChI=1S/C29H36N2O4/c1-20(32)30-24(17-21-9-5-4-6-10-21)25-18-29(2)26(30)11-7-8-12-27(29)31(25)28(33)19-35-23-15-13-22(34-3)14-16-23/h4-6,9-10,13-16,24-27H,7-8,11-12,17-19H2,1-3H3/t24-,25+,26-,27+,29-/m1/s1. The number of carbonyl (C=O) groups excluding carboxylic acids is 2. The summed E-state index contributed by atoms with van der Waals surface area (Å²) in [5.74, 6) is 1.54. The molecule has 0 radical (unpaired) electrons. The molecule has 2 bridgehead atoms. The van der Waals surface area contributed by atoms with Crippen LogP contribution in [-0.4, -0.2) is 59.5 Å². The molecule has 5 rings (SSSR count). The van der Waals surface area contributed by atoms with Gasteiger partial charge in [-0.1, -0.05) is 50.1 Å². The highest BCUT2D eigenvalue weighted by Gasteiger charge is 2.63. The third-order valence-electron chi connectivity index (χ3n) is 8.57. The Labute approximate surface area is 208 Å². The average molecular weight is 477 g/mol. The van der Waals surface area contributed by atoms with E-state index >= 15 is 0 Å². The van der Waals surface area contributed by atoms with Gasteiger partial charge < -0.3 is 19.3 Å². The van der Waals surface area contributed by atoms with E-state index in [4.69, 9.17) is 9.47 Å². The second-order valence-corrected chi connectivity index (χ2v) is 10.5. The van der Waals surface area contributed by atoms with Crippen LogP contribution in [0.5, 0.6) is 11.5 Å². The van der Waals surface area contributed by atoms with Crippen LogP contribution in [-0.2, 0) is 16.0 Å². The van der Waals surface area contributed by atoms with Crippen molar-refractivity contribution in [1.29, 1.82) is 0 Å². The number of carbonyl (C=O) groups is 2. The van der Waals surface area contributed by atoms with E-state index < -0.39 is 0 Å². The highest BCUT2D eigenvalue weighted by Crippen LogP contribution is 2.55. The molecule has 1 saturated carbocycles. The fourth-order valence-corrected chi connectivity index (χ4v) is 7.05. The molecule has 2 heterocycles. The van der Waals surface area contributed by atoms with Gasteiger partial charge in [0.15, 0.2) is 6.61 Å². The predicted molar refractivity (Wildman–Crippen MR) is 134 cm³/mol. The zero-order valence-electron chi connectivity index (χ0n) is 21.0. The first-order valence-corrected chi connectivity index (χ1v) is 12.8. The van der Waals surface area contributed by atoms with Crippen molar-refractivity contribution < 1.29 is 19.1 Å². The van der Waals surface area contributed by atoms with Gasteiger partial charge in [0.2, 0.25) is 5.91 Å². The second kappa shape index (κ2) is 9.56. The summed E-state index contributed by atoms with van der Waals surface area (Å²) < 4.78 is 11.1. The topological polar surface area (TPSA) is 59.1 Å². The molecule has 6 nitrogen and oxygen atoms in total. The van der Waals surface area contributed by atoms with E-state index in [2.05, 4.69) is 28.9 Å². The van der Waals surface area contributed by atoms with E-state index in [9.17, 15) is 9.59 Å². The van der Waals surface area contributed by atoms with Crippen LogP contribution in [0.4, 0.5) is 0 Å². The Morgan fingerprint density at radius 1 is 0.943 bits per heavy atom. The summed E-state index contributed by atoms with van der Waals surface area (Å²) in [6.45, 7) is 4.01. The third-order valence-corrected chi connectivity index (χ3v) is 8.57. The van der Waals surface area contributed by atoms with Gasteiger partial charge in [-0.15, -0.1) is 0 Å². The molecular weight excluding hydrogens is 440 g/mol. The van der Waals surface area contributed by atoms with Gasteiger partial charge in [0.1, 0.15) is 11.5 Å². The van der Waals surface area contributed by atoms with Gasteiger partial charge in [-0.2, -0.15) is 0 Å². The molecule has 3 aliphatic rings. The maximum absolute atomic E-state index is 13.8. The van der Waals surface area contributed by atoms with Gasteiger partial charge in [0, 0.05) is 24.4 Å². The minimum atomic E-state index is -0.0875. The molecule has 6 heteroatoms. The van der Waals surface area contributed by atoms with Gasteiger partial charge in [-0.25, -0.2) is 0 Å². The lowest BCUT2D eigenvalue weighted by molar-refractivity contribution is -0.143. The van der Waals surface area contributed by atoms with Crippen LogP contribution in [0.1, 0.15) is 51.5 Å². The number of rotatable bonds is 6. The first-order chi connectivity index (χ1) is 16.9. The summed E-state index contributed by atoms with van der Waals surface area (Å²) in [4.78, 5) is 31.2. The molecule has 35 heavy (non-hydrogen) atoms. The maximum atomic E-state index is 13.8. The average Bonchev–Trinajstić information content (AvgIpc) is 3.01. The summed E-state index contributed by atoms with van der Waals surface area (Å²) in [7, 11) is 1.63. The Morgan fingerprint density at radius 3 is 2.20 bits per heavy atom. The summed E-state index contributed by atoms with van der Waals surface area (Å²) >= 11 is 0. The smallest absolute Gasteiger partial charge is 0.261 e. The van der Waals surface area contributed by atoms with Crippen molar-refractivity contribution in [2.75, 3.05) is 13.7 Å². The number of methoxy groups -OCH3 is 1. The lowest BCUT2D eigenvalue weighted by Crippen LogP contribution is -2.61. The minimum absolute atomic E-state index is 0.00178. The van der Waals surface area contributed by atoms with Crippen molar-refractivity contribution in [2.45, 2.75) is 76.5 Å². The van der Waals surface area contributed by atoms with E-state index in [0.29, 0.717) is 5.75 Å². The lowest BCUT2D eigenvalue weighted by atomic mass is 9.69. The molecule has 0 spiro atoms. The normalized spacial score (nSPS) is 29.5. The van der Waals surface area contributed by atoms with Crippen molar-refractivity contribution in [3.63, 3.8) is 0 Å². The number of ether oxygens (including phenoxy) is 2. The van der Waals surface area contributed by atoms with Crippen LogP contribution in [0.3, 0.4) is 0 Å². The number of hydrogen-bond acceptors (Lipinski definition) is 4. The van der Waals surface area contributed by atoms with E-state index in [-0.39, 0.29) is 48.0 Å². The first kappa shape index (κ1) is 23.7. The molecule has 0 N–H and O–H groups in total. The van der Waals surface area contributed by atoms with Crippen molar-refractivity contribution in [3.8, 4) is 11.5 Å². The quantitative estimate of drug-likeness (QED) is 0.618. The number of hydrogen-bond donors (Lipinski definition) is 0. The van der Waals surface area contributed by atoms with E-state index in [1.165, 1.54) is 5.56 Å². The molecule has 2 aliphatic heterocycles. The van der Waals surface area contributed by atoms with Gasteiger partial charge >= 0.3 is 0 Å². The van der Waals surface area contributed by atoms with Crippen molar-refractivity contribution in [1.82, 2.24) is 9.80 Å². The van der Waals surface area contributed by atoms with Crippen molar-refractivity contribution in [3.05, 3.63) is 60.2 Å². The Kier molecular flexibility index (Phi) is 6.47. The number of amides is 2. The largest absolute Gasteiger partial charge is 0.497 e. The van der Waals surface area contributed by atoms with Gasteiger partial charge in [-0.05, 0) is 55.5 Å². The van der Waals surface area contributed by atoms with Crippen LogP contribution in [0.2, 0.25) is 0 Å². The summed E-state index contributed by atoms with van der Waals surface area (Å²) in [5, 5.41) is 0. The minimum Gasteiger partial charge on any atom is -0.497 e.